The molecular weight excluding hydrogens is 835 g/mol. The lowest BCUT2D eigenvalue weighted by atomic mass is 9.97. The summed E-state index contributed by atoms with van der Waals surface area (Å²) in [5, 5.41) is 8.76. The fraction of sp³-hybridized carbons (Fsp3) is 0.409. The van der Waals surface area contributed by atoms with Gasteiger partial charge in [0.15, 0.2) is 0 Å². The number of fused-ring (bicyclic) bond motifs is 2. The minimum Gasteiger partial charge on any atom is -0.453 e. The number of aromatic amines is 2. The molecule has 0 spiro atoms. The van der Waals surface area contributed by atoms with Crippen LogP contribution in [0.2, 0.25) is 0 Å². The van der Waals surface area contributed by atoms with Crippen molar-refractivity contribution in [3.8, 4) is 22.4 Å². The lowest BCUT2D eigenvalue weighted by molar-refractivity contribution is -0.136. The molecule has 61 heavy (non-hydrogen) atoms. The van der Waals surface area contributed by atoms with E-state index in [4.69, 9.17) is 14.5 Å². The van der Waals surface area contributed by atoms with Gasteiger partial charge in [-0.2, -0.15) is 40.5 Å². The number of likely N-dealkylation sites (tertiary alicyclic amines) is 2. The van der Waals surface area contributed by atoms with Crippen LogP contribution in [0.4, 0.5) is 9.59 Å². The molecule has 4 heterocycles. The van der Waals surface area contributed by atoms with E-state index in [9.17, 15) is 24.0 Å². The Morgan fingerprint density at radius 3 is 1.72 bits per heavy atom. The Morgan fingerprint density at radius 2 is 1.16 bits per heavy atom. The van der Waals surface area contributed by atoms with Gasteiger partial charge in [0.25, 0.3) is 5.56 Å². The molecular formula is C44H57N7O7S3. The summed E-state index contributed by atoms with van der Waals surface area (Å²) in [6.45, 7) is 8.64. The van der Waals surface area contributed by atoms with Crippen LogP contribution in [0.5, 0.6) is 0 Å². The van der Waals surface area contributed by atoms with E-state index >= 15 is 0 Å². The summed E-state index contributed by atoms with van der Waals surface area (Å²) in [7, 11) is 2.55. The van der Waals surface area contributed by atoms with E-state index in [1.165, 1.54) is 14.2 Å². The fourth-order valence-corrected chi connectivity index (χ4v) is 8.31. The van der Waals surface area contributed by atoms with Crippen molar-refractivity contribution in [3.63, 3.8) is 0 Å². The van der Waals surface area contributed by atoms with Gasteiger partial charge >= 0.3 is 12.2 Å². The first kappa shape index (κ1) is 48.5. The van der Waals surface area contributed by atoms with Crippen LogP contribution in [0.3, 0.4) is 0 Å². The third kappa shape index (κ3) is 10.2. The highest BCUT2D eigenvalue weighted by atomic mass is 32.1. The average Bonchev–Trinajstić information content (AvgIpc) is 4.02. The maximum atomic E-state index is 13.6. The molecule has 4 atom stereocenters. The number of carbonyl (C=O) groups excluding carboxylic acids is 4. The van der Waals surface area contributed by atoms with E-state index in [1.54, 1.807) is 16.0 Å². The Morgan fingerprint density at radius 1 is 0.672 bits per heavy atom. The summed E-state index contributed by atoms with van der Waals surface area (Å²) in [5.74, 6) is 0.0805. The predicted molar refractivity (Wildman–Crippen MR) is 252 cm³/mol. The molecule has 0 bridgehead atoms. The van der Waals surface area contributed by atoms with E-state index in [0.29, 0.717) is 36.4 Å². The van der Waals surface area contributed by atoms with Crippen LogP contribution in [-0.2, 0) is 19.1 Å². The zero-order valence-corrected chi connectivity index (χ0v) is 38.3. The Hall–Kier alpha value is -5.13. The molecule has 7 rings (SSSR count). The molecule has 0 radical (unpaired) electrons. The number of ether oxygens (including phenoxy) is 2. The Bertz CT molecular complexity index is 2440. The molecule has 328 valence electrons. The molecule has 2 aliphatic rings. The minimum atomic E-state index is -0.746. The molecule has 17 heteroatoms. The van der Waals surface area contributed by atoms with Crippen molar-refractivity contribution in [2.75, 3.05) is 27.3 Å². The number of carbonyl (C=O) groups is 4. The van der Waals surface area contributed by atoms with Crippen LogP contribution in [0.25, 0.3) is 43.9 Å². The van der Waals surface area contributed by atoms with Gasteiger partial charge in [0.1, 0.15) is 17.9 Å². The van der Waals surface area contributed by atoms with Crippen LogP contribution in [0.15, 0.2) is 71.7 Å². The number of pyridine rings is 1. The summed E-state index contributed by atoms with van der Waals surface area (Å²) >= 11 is 0. The van der Waals surface area contributed by atoms with Crippen molar-refractivity contribution in [1.29, 1.82) is 0 Å². The van der Waals surface area contributed by atoms with E-state index in [1.807, 2.05) is 64.1 Å². The normalized spacial score (nSPS) is 17.0. The highest BCUT2D eigenvalue weighted by Crippen LogP contribution is 2.36. The van der Waals surface area contributed by atoms with Gasteiger partial charge in [0.05, 0.1) is 38.2 Å². The summed E-state index contributed by atoms with van der Waals surface area (Å²) in [6.07, 6.45) is 3.58. The summed E-state index contributed by atoms with van der Waals surface area (Å²) in [5.41, 5.74) is 4.10. The molecule has 14 nitrogen and oxygen atoms in total. The summed E-state index contributed by atoms with van der Waals surface area (Å²) in [6, 6.07) is 18.2. The van der Waals surface area contributed by atoms with E-state index in [2.05, 4.69) is 44.9 Å². The third-order valence-electron chi connectivity index (χ3n) is 11.5. The van der Waals surface area contributed by atoms with Gasteiger partial charge in [-0.1, -0.05) is 64.1 Å². The van der Waals surface area contributed by atoms with E-state index in [-0.39, 0.29) is 81.8 Å². The van der Waals surface area contributed by atoms with Crippen molar-refractivity contribution < 1.29 is 28.7 Å². The first-order valence-corrected chi connectivity index (χ1v) is 19.9. The number of H-pyrrole nitrogens is 2. The highest BCUT2D eigenvalue weighted by Gasteiger charge is 2.38. The molecule has 0 saturated carbocycles. The largest absolute Gasteiger partial charge is 0.453 e. The van der Waals surface area contributed by atoms with Crippen molar-refractivity contribution in [3.05, 3.63) is 88.7 Å². The standard InChI is InChI=1S/C44H51N7O7.3H2S/c1-24(2)37(48-43(55)57-5)41(53)50-17-7-9-35(50)33-22-30-15-13-29(21-32(30)40(52)47-33)27-11-12-28-20-31(16-14-26(28)19-27)34-23-45-39(46-34)36-10-8-18-51(36)42(54)38(25(3)4)49-44(56)58-6;;;/h11-16,19-25,35-38H,7-10,17-18H2,1-6H3,(H,45,46)(H,47,52)(H,48,55)(H,49,56);3*1H2/t35?,36-,37-,38-;;;/m0.../s1. The first-order valence-electron chi connectivity index (χ1n) is 19.9. The van der Waals surface area contributed by atoms with Crippen LogP contribution in [-0.4, -0.2) is 88.1 Å². The van der Waals surface area contributed by atoms with Crippen LogP contribution < -0.4 is 16.2 Å². The van der Waals surface area contributed by atoms with E-state index < -0.39 is 24.3 Å². The van der Waals surface area contributed by atoms with Crippen molar-refractivity contribution in [2.24, 2.45) is 11.8 Å². The predicted octanol–water partition coefficient (Wildman–Crippen LogP) is 7.17. The second kappa shape index (κ2) is 20.6. The Balaban J connectivity index is 0.00000273. The number of alkyl carbamates (subject to hydrolysis) is 2. The number of aromatic nitrogens is 3. The molecule has 1 unspecified atom stereocenters. The number of hydrogen-bond acceptors (Lipinski definition) is 8. The van der Waals surface area contributed by atoms with Gasteiger partial charge in [-0.3, -0.25) is 14.4 Å². The van der Waals surface area contributed by atoms with Gasteiger partial charge in [-0.15, -0.1) is 0 Å². The number of nitrogens with one attached hydrogen (secondary N) is 4. The molecule has 4 N–H and O–H groups in total. The maximum Gasteiger partial charge on any atom is 0.407 e. The number of benzene rings is 3. The molecule has 0 aliphatic carbocycles. The smallest absolute Gasteiger partial charge is 0.407 e. The zero-order valence-electron chi connectivity index (χ0n) is 35.3. The molecule has 5 aromatic rings. The third-order valence-corrected chi connectivity index (χ3v) is 11.5. The monoisotopic (exact) mass is 891 g/mol. The van der Waals surface area contributed by atoms with Gasteiger partial charge in [0.2, 0.25) is 11.8 Å². The van der Waals surface area contributed by atoms with Crippen molar-refractivity contribution in [1.82, 2.24) is 35.4 Å². The molecule has 2 aliphatic heterocycles. The number of hydrogen-bond donors (Lipinski definition) is 4. The highest BCUT2D eigenvalue weighted by molar-refractivity contribution is 7.59. The number of imidazole rings is 1. The SMILES string of the molecule is COC(=O)N[C@H](C(=O)N1CCCC1c1cc2ccc(-c3ccc4cc(-c5cnc([C@@H]6CCCN6C(=O)[C@@H](NC(=O)OC)C(C)C)[nH]5)ccc4c3)cc2c(=O)[nH]1)C(C)C.S.S.S. The van der Waals surface area contributed by atoms with Crippen LogP contribution in [0.1, 0.15) is 77.0 Å². The van der Waals surface area contributed by atoms with Crippen molar-refractivity contribution >= 4 is 86.0 Å². The molecule has 2 aromatic heterocycles. The quantitative estimate of drug-likeness (QED) is 0.114. The number of amides is 4. The van der Waals surface area contributed by atoms with Crippen LogP contribution >= 0.6 is 40.5 Å². The number of nitrogens with zero attached hydrogens (tertiary/aromatic N) is 3. The number of rotatable bonds is 10. The average molecular weight is 892 g/mol. The van der Waals surface area contributed by atoms with Gasteiger partial charge in [-0.05, 0) is 89.1 Å². The minimum absolute atomic E-state index is 0. The van der Waals surface area contributed by atoms with Crippen molar-refractivity contribution in [2.45, 2.75) is 77.5 Å². The molecule has 3 aromatic carbocycles. The summed E-state index contributed by atoms with van der Waals surface area (Å²) in [4.78, 5) is 79.6. The second-order valence-electron chi connectivity index (χ2n) is 15.9. The zero-order chi connectivity index (χ0) is 41.2. The molecule has 2 fully saturated rings. The Kier molecular flexibility index (Phi) is 16.4. The van der Waals surface area contributed by atoms with Gasteiger partial charge in [-0.25, -0.2) is 14.6 Å². The lowest BCUT2D eigenvalue weighted by Gasteiger charge is -2.30. The number of methoxy groups -OCH3 is 2. The fourth-order valence-electron chi connectivity index (χ4n) is 8.31. The van der Waals surface area contributed by atoms with Crippen LogP contribution in [0, 0.1) is 11.8 Å². The van der Waals surface area contributed by atoms with Gasteiger partial charge < -0.3 is 39.9 Å². The van der Waals surface area contributed by atoms with E-state index in [0.717, 1.165) is 57.8 Å². The molecule has 2 saturated heterocycles. The van der Waals surface area contributed by atoms with Gasteiger partial charge in [0, 0.05) is 29.7 Å². The Labute approximate surface area is 376 Å². The lowest BCUT2D eigenvalue weighted by Crippen LogP contribution is -2.51. The first-order chi connectivity index (χ1) is 27.9. The topological polar surface area (TPSA) is 179 Å². The second-order valence-corrected chi connectivity index (χ2v) is 15.9. The maximum absolute atomic E-state index is 13.6. The molecule has 4 amide bonds. The summed E-state index contributed by atoms with van der Waals surface area (Å²) < 4.78 is 9.52.